The molecular weight excluding hydrogens is 208 g/mol. The van der Waals surface area contributed by atoms with Crippen molar-refractivity contribution in [2.75, 3.05) is 33.9 Å². The number of methoxy groups -OCH3 is 1. The molecule has 0 aromatic carbocycles. The molecule has 1 unspecified atom stereocenters. The summed E-state index contributed by atoms with van der Waals surface area (Å²) in [7, 11) is 3.52. The molecule has 0 spiro atoms. The fourth-order valence-electron chi connectivity index (χ4n) is 1.24. The van der Waals surface area contributed by atoms with Crippen LogP contribution in [0.25, 0.3) is 0 Å². The largest absolute Gasteiger partial charge is 0.480 e. The average molecular weight is 232 g/mol. The highest BCUT2D eigenvalue weighted by atomic mass is 16.5. The smallest absolute Gasteiger partial charge is 0.326 e. The van der Waals surface area contributed by atoms with Gasteiger partial charge in [-0.1, -0.05) is 0 Å². The summed E-state index contributed by atoms with van der Waals surface area (Å²) in [4.78, 5) is 13.2. The first-order chi connectivity index (χ1) is 7.33. The van der Waals surface area contributed by atoms with Crippen molar-refractivity contribution in [1.29, 1.82) is 0 Å². The third-order valence-corrected chi connectivity index (χ3v) is 2.77. The number of ether oxygens (including phenoxy) is 1. The molecule has 96 valence electrons. The standard InChI is InChI=1S/C11H24N2O3/c1-9(2)13(4)7-6-12-11(3,8-16-5)10(14)15/h9,12H,6-8H2,1-5H3,(H,14,15). The number of carboxylic acid groups (broad SMARTS) is 1. The third-order valence-electron chi connectivity index (χ3n) is 2.77. The van der Waals surface area contributed by atoms with Crippen LogP contribution in [0.15, 0.2) is 0 Å². The monoisotopic (exact) mass is 232 g/mol. The Balaban J connectivity index is 4.09. The summed E-state index contributed by atoms with van der Waals surface area (Å²) in [5, 5.41) is 12.1. The van der Waals surface area contributed by atoms with E-state index < -0.39 is 11.5 Å². The molecule has 0 rings (SSSR count). The lowest BCUT2D eigenvalue weighted by Crippen LogP contribution is -2.54. The number of carboxylic acids is 1. The van der Waals surface area contributed by atoms with Gasteiger partial charge in [-0.2, -0.15) is 0 Å². The van der Waals surface area contributed by atoms with E-state index in [4.69, 9.17) is 9.84 Å². The highest BCUT2D eigenvalue weighted by Crippen LogP contribution is 2.04. The summed E-state index contributed by atoms with van der Waals surface area (Å²) < 4.78 is 4.92. The highest BCUT2D eigenvalue weighted by molar-refractivity contribution is 5.78. The summed E-state index contributed by atoms with van der Waals surface area (Å²) in [6.07, 6.45) is 0. The van der Waals surface area contributed by atoms with Gasteiger partial charge in [0.2, 0.25) is 0 Å². The first-order valence-corrected chi connectivity index (χ1v) is 5.51. The number of likely N-dealkylation sites (N-methyl/N-ethyl adjacent to an activating group) is 1. The number of hydrogen-bond acceptors (Lipinski definition) is 4. The van der Waals surface area contributed by atoms with Crippen LogP contribution in [0.5, 0.6) is 0 Å². The molecular formula is C11H24N2O3. The summed E-state index contributed by atoms with van der Waals surface area (Å²) >= 11 is 0. The lowest BCUT2D eigenvalue weighted by Gasteiger charge is -2.28. The van der Waals surface area contributed by atoms with Gasteiger partial charge in [-0.05, 0) is 27.8 Å². The van der Waals surface area contributed by atoms with Crippen LogP contribution < -0.4 is 5.32 Å². The van der Waals surface area contributed by atoms with E-state index in [1.54, 1.807) is 6.92 Å². The van der Waals surface area contributed by atoms with Gasteiger partial charge in [0, 0.05) is 26.2 Å². The molecule has 0 radical (unpaired) electrons. The van der Waals surface area contributed by atoms with Gasteiger partial charge >= 0.3 is 5.97 Å². The van der Waals surface area contributed by atoms with Crippen molar-refractivity contribution in [2.24, 2.45) is 0 Å². The molecule has 1 atom stereocenters. The Bertz CT molecular complexity index is 221. The van der Waals surface area contributed by atoms with Crippen LogP contribution in [0.2, 0.25) is 0 Å². The number of carbonyl (C=O) groups is 1. The zero-order valence-electron chi connectivity index (χ0n) is 10.9. The van der Waals surface area contributed by atoms with Crippen molar-refractivity contribution >= 4 is 5.97 Å². The molecule has 5 heteroatoms. The summed E-state index contributed by atoms with van der Waals surface area (Å²) in [5.74, 6) is -0.887. The molecule has 0 fully saturated rings. The van der Waals surface area contributed by atoms with Crippen molar-refractivity contribution < 1.29 is 14.6 Å². The number of hydrogen-bond donors (Lipinski definition) is 2. The predicted octanol–water partition coefficient (Wildman–Crippen LogP) is 0.406. The first-order valence-electron chi connectivity index (χ1n) is 5.51. The first kappa shape index (κ1) is 15.3. The van der Waals surface area contributed by atoms with E-state index in [0.29, 0.717) is 12.6 Å². The van der Waals surface area contributed by atoms with E-state index in [-0.39, 0.29) is 6.61 Å². The molecule has 0 aromatic rings. The maximum absolute atomic E-state index is 11.1. The maximum atomic E-state index is 11.1. The fraction of sp³-hybridized carbons (Fsp3) is 0.909. The van der Waals surface area contributed by atoms with E-state index in [0.717, 1.165) is 6.54 Å². The van der Waals surface area contributed by atoms with Crippen LogP contribution in [0.1, 0.15) is 20.8 Å². The van der Waals surface area contributed by atoms with Crippen LogP contribution in [-0.4, -0.2) is 61.4 Å². The molecule has 0 amide bonds. The molecule has 2 N–H and O–H groups in total. The van der Waals surface area contributed by atoms with Gasteiger partial charge in [0.1, 0.15) is 5.54 Å². The Kier molecular flexibility index (Phi) is 6.55. The lowest BCUT2D eigenvalue weighted by atomic mass is 10.0. The zero-order valence-corrected chi connectivity index (χ0v) is 10.9. The van der Waals surface area contributed by atoms with E-state index in [1.165, 1.54) is 7.11 Å². The Labute approximate surface area is 97.8 Å². The second-order valence-electron chi connectivity index (χ2n) is 4.57. The fourth-order valence-corrected chi connectivity index (χ4v) is 1.24. The maximum Gasteiger partial charge on any atom is 0.326 e. The number of nitrogens with one attached hydrogen (secondary N) is 1. The Hall–Kier alpha value is -0.650. The lowest BCUT2D eigenvalue weighted by molar-refractivity contribution is -0.146. The molecule has 16 heavy (non-hydrogen) atoms. The normalized spacial score (nSPS) is 15.4. The Morgan fingerprint density at radius 1 is 1.56 bits per heavy atom. The van der Waals surface area contributed by atoms with Crippen molar-refractivity contribution in [1.82, 2.24) is 10.2 Å². The van der Waals surface area contributed by atoms with Crippen molar-refractivity contribution in [3.05, 3.63) is 0 Å². The van der Waals surface area contributed by atoms with Gasteiger partial charge in [0.25, 0.3) is 0 Å². The van der Waals surface area contributed by atoms with Gasteiger partial charge in [0.15, 0.2) is 0 Å². The van der Waals surface area contributed by atoms with Crippen LogP contribution in [0, 0.1) is 0 Å². The summed E-state index contributed by atoms with van der Waals surface area (Å²) in [5.41, 5.74) is -1.01. The minimum atomic E-state index is -1.01. The summed E-state index contributed by atoms with van der Waals surface area (Å²) in [6.45, 7) is 7.43. The predicted molar refractivity (Wildman–Crippen MR) is 63.7 cm³/mol. The van der Waals surface area contributed by atoms with E-state index in [2.05, 4.69) is 24.1 Å². The van der Waals surface area contributed by atoms with Crippen LogP contribution in [0.3, 0.4) is 0 Å². The molecule has 0 aromatic heterocycles. The number of nitrogens with zero attached hydrogens (tertiary/aromatic N) is 1. The SMILES string of the molecule is COCC(C)(NCCN(C)C(C)C)C(=O)O. The molecule has 0 bridgehead atoms. The van der Waals surface area contributed by atoms with Gasteiger partial charge in [-0.15, -0.1) is 0 Å². The quantitative estimate of drug-likeness (QED) is 0.634. The van der Waals surface area contributed by atoms with Crippen molar-refractivity contribution in [2.45, 2.75) is 32.4 Å². The second kappa shape index (κ2) is 6.83. The minimum Gasteiger partial charge on any atom is -0.480 e. The van der Waals surface area contributed by atoms with Crippen LogP contribution in [0.4, 0.5) is 0 Å². The van der Waals surface area contributed by atoms with Crippen LogP contribution >= 0.6 is 0 Å². The van der Waals surface area contributed by atoms with Gasteiger partial charge in [0.05, 0.1) is 6.61 Å². The molecule has 0 saturated carbocycles. The highest BCUT2D eigenvalue weighted by Gasteiger charge is 2.32. The molecule has 0 heterocycles. The average Bonchev–Trinajstić information content (AvgIpc) is 2.17. The molecule has 0 aliphatic carbocycles. The number of rotatable bonds is 8. The second-order valence-corrected chi connectivity index (χ2v) is 4.57. The van der Waals surface area contributed by atoms with E-state index in [9.17, 15) is 4.79 Å². The van der Waals surface area contributed by atoms with E-state index >= 15 is 0 Å². The molecule has 0 saturated heterocycles. The molecule has 0 aliphatic rings. The van der Waals surface area contributed by atoms with Gasteiger partial charge < -0.3 is 14.7 Å². The van der Waals surface area contributed by atoms with Gasteiger partial charge in [-0.3, -0.25) is 10.1 Å². The molecule has 5 nitrogen and oxygen atoms in total. The Morgan fingerprint density at radius 2 is 2.12 bits per heavy atom. The van der Waals surface area contributed by atoms with Crippen molar-refractivity contribution in [3.8, 4) is 0 Å². The number of aliphatic carboxylic acids is 1. The third kappa shape index (κ3) is 4.92. The molecule has 0 aliphatic heterocycles. The Morgan fingerprint density at radius 3 is 2.50 bits per heavy atom. The minimum absolute atomic E-state index is 0.160. The van der Waals surface area contributed by atoms with E-state index in [1.807, 2.05) is 7.05 Å². The summed E-state index contributed by atoms with van der Waals surface area (Å²) in [6, 6.07) is 0.459. The van der Waals surface area contributed by atoms with Crippen molar-refractivity contribution in [3.63, 3.8) is 0 Å². The van der Waals surface area contributed by atoms with Gasteiger partial charge in [-0.25, -0.2) is 0 Å². The topological polar surface area (TPSA) is 61.8 Å². The zero-order chi connectivity index (χ0) is 12.8. The van der Waals surface area contributed by atoms with Crippen LogP contribution in [-0.2, 0) is 9.53 Å².